The van der Waals surface area contributed by atoms with Crippen molar-refractivity contribution in [3.8, 4) is 0 Å². The van der Waals surface area contributed by atoms with Crippen LogP contribution in [0.1, 0.15) is 33.6 Å². The van der Waals surface area contributed by atoms with Gasteiger partial charge in [0.15, 0.2) is 0 Å². The normalized spacial score (nSPS) is 13.8. The molecule has 0 unspecified atom stereocenters. The molecule has 1 atom stereocenters. The van der Waals surface area contributed by atoms with Crippen molar-refractivity contribution in [1.29, 1.82) is 0 Å². The van der Waals surface area contributed by atoms with Crippen LogP contribution in [0.4, 0.5) is 0 Å². The monoisotopic (exact) mass is 173 g/mol. The molecule has 0 fully saturated rings. The largest absolute Gasteiger partial charge is 0.396 e. The molecule has 0 aliphatic heterocycles. The first-order valence-electron chi connectivity index (χ1n) is 5.07. The number of nitrogens with zero attached hydrogens (tertiary/aromatic N) is 1. The summed E-state index contributed by atoms with van der Waals surface area (Å²) in [7, 11) is 0. The van der Waals surface area contributed by atoms with Crippen molar-refractivity contribution in [2.24, 2.45) is 5.92 Å². The topological polar surface area (TPSA) is 23.5 Å². The number of hydrogen-bond donors (Lipinski definition) is 1. The molecule has 0 saturated heterocycles. The minimum absolute atomic E-state index is 0.309. The summed E-state index contributed by atoms with van der Waals surface area (Å²) >= 11 is 0. The molecule has 2 heteroatoms. The zero-order chi connectivity index (χ0) is 9.40. The fraction of sp³-hybridized carbons (Fsp3) is 1.00. The van der Waals surface area contributed by atoms with Crippen LogP contribution in [0.5, 0.6) is 0 Å². The Morgan fingerprint density at radius 2 is 1.67 bits per heavy atom. The molecule has 0 heterocycles. The molecule has 0 aromatic heterocycles. The molecule has 0 radical (unpaired) electrons. The van der Waals surface area contributed by atoms with Crippen molar-refractivity contribution < 1.29 is 5.11 Å². The molecule has 0 aromatic carbocycles. The van der Waals surface area contributed by atoms with Crippen LogP contribution >= 0.6 is 0 Å². The summed E-state index contributed by atoms with van der Waals surface area (Å²) in [6.45, 7) is 10.2. The van der Waals surface area contributed by atoms with E-state index in [-0.39, 0.29) is 0 Å². The molecular formula is C10H23NO. The SMILES string of the molecule is CCCN(CCC)C[C@@H](C)CO. The highest BCUT2D eigenvalue weighted by Crippen LogP contribution is 2.00. The highest BCUT2D eigenvalue weighted by Gasteiger charge is 2.06. The summed E-state index contributed by atoms with van der Waals surface area (Å²) in [5, 5.41) is 8.89. The van der Waals surface area contributed by atoms with E-state index in [1.807, 2.05) is 0 Å². The van der Waals surface area contributed by atoms with Gasteiger partial charge in [-0.3, -0.25) is 0 Å². The van der Waals surface area contributed by atoms with Crippen LogP contribution in [0, 0.1) is 5.92 Å². The third kappa shape index (κ3) is 5.56. The lowest BCUT2D eigenvalue weighted by molar-refractivity contribution is 0.173. The van der Waals surface area contributed by atoms with Crippen molar-refractivity contribution in [2.75, 3.05) is 26.2 Å². The lowest BCUT2D eigenvalue weighted by Crippen LogP contribution is -2.31. The molecule has 2 nitrogen and oxygen atoms in total. The summed E-state index contributed by atoms with van der Waals surface area (Å²) in [6, 6.07) is 0. The minimum Gasteiger partial charge on any atom is -0.396 e. The maximum atomic E-state index is 8.89. The molecule has 12 heavy (non-hydrogen) atoms. The third-order valence-corrected chi connectivity index (χ3v) is 1.96. The van der Waals surface area contributed by atoms with Gasteiger partial charge in [0, 0.05) is 13.2 Å². The van der Waals surface area contributed by atoms with Gasteiger partial charge in [0.25, 0.3) is 0 Å². The van der Waals surface area contributed by atoms with Crippen LogP contribution in [-0.4, -0.2) is 36.2 Å². The lowest BCUT2D eigenvalue weighted by Gasteiger charge is -2.23. The van der Waals surface area contributed by atoms with Gasteiger partial charge in [0.2, 0.25) is 0 Å². The van der Waals surface area contributed by atoms with Gasteiger partial charge in [0.05, 0.1) is 0 Å². The molecule has 0 spiro atoms. The summed E-state index contributed by atoms with van der Waals surface area (Å²) in [5.41, 5.74) is 0. The van der Waals surface area contributed by atoms with E-state index in [2.05, 4.69) is 25.7 Å². The van der Waals surface area contributed by atoms with Gasteiger partial charge in [-0.2, -0.15) is 0 Å². The van der Waals surface area contributed by atoms with Crippen LogP contribution in [-0.2, 0) is 0 Å². The van der Waals surface area contributed by atoms with Gasteiger partial charge in [-0.15, -0.1) is 0 Å². The maximum Gasteiger partial charge on any atom is 0.0468 e. The Morgan fingerprint density at radius 1 is 1.17 bits per heavy atom. The Balaban J connectivity index is 3.61. The van der Waals surface area contributed by atoms with Crippen LogP contribution < -0.4 is 0 Å². The quantitative estimate of drug-likeness (QED) is 0.634. The zero-order valence-electron chi connectivity index (χ0n) is 8.71. The molecule has 0 bridgehead atoms. The van der Waals surface area contributed by atoms with Gasteiger partial charge in [-0.1, -0.05) is 20.8 Å². The van der Waals surface area contributed by atoms with Crippen LogP contribution in [0.25, 0.3) is 0 Å². The summed E-state index contributed by atoms with van der Waals surface area (Å²) in [5.74, 6) is 0.420. The summed E-state index contributed by atoms with van der Waals surface area (Å²) < 4.78 is 0. The molecule has 0 rings (SSSR count). The molecule has 1 N–H and O–H groups in total. The smallest absolute Gasteiger partial charge is 0.0468 e. The molecule has 0 aliphatic carbocycles. The number of rotatable bonds is 7. The van der Waals surface area contributed by atoms with Crippen LogP contribution in [0.3, 0.4) is 0 Å². The van der Waals surface area contributed by atoms with Gasteiger partial charge >= 0.3 is 0 Å². The number of aliphatic hydroxyl groups is 1. The second-order valence-corrected chi connectivity index (χ2v) is 3.59. The van der Waals surface area contributed by atoms with Crippen LogP contribution in [0.2, 0.25) is 0 Å². The number of hydrogen-bond acceptors (Lipinski definition) is 2. The van der Waals surface area contributed by atoms with E-state index in [0.29, 0.717) is 12.5 Å². The third-order valence-electron chi connectivity index (χ3n) is 1.96. The van der Waals surface area contributed by atoms with Crippen molar-refractivity contribution >= 4 is 0 Å². The first-order chi connectivity index (χ1) is 5.74. The van der Waals surface area contributed by atoms with Crippen molar-refractivity contribution in [3.05, 3.63) is 0 Å². The minimum atomic E-state index is 0.309. The average molecular weight is 173 g/mol. The van der Waals surface area contributed by atoms with E-state index in [1.54, 1.807) is 0 Å². The predicted octanol–water partition coefficient (Wildman–Crippen LogP) is 1.74. The van der Waals surface area contributed by atoms with Gasteiger partial charge < -0.3 is 10.0 Å². The highest BCUT2D eigenvalue weighted by atomic mass is 16.3. The molecular weight excluding hydrogens is 150 g/mol. The Kier molecular flexibility index (Phi) is 7.51. The van der Waals surface area contributed by atoms with E-state index < -0.39 is 0 Å². The Bertz CT molecular complexity index is 89.8. The van der Waals surface area contributed by atoms with Crippen LogP contribution in [0.15, 0.2) is 0 Å². The van der Waals surface area contributed by atoms with Crippen molar-refractivity contribution in [2.45, 2.75) is 33.6 Å². The molecule has 0 aromatic rings. The van der Waals surface area contributed by atoms with Crippen molar-refractivity contribution in [1.82, 2.24) is 4.90 Å². The molecule has 74 valence electrons. The van der Waals surface area contributed by atoms with Crippen molar-refractivity contribution in [3.63, 3.8) is 0 Å². The van der Waals surface area contributed by atoms with Gasteiger partial charge in [-0.05, 0) is 31.8 Å². The first-order valence-corrected chi connectivity index (χ1v) is 5.07. The zero-order valence-corrected chi connectivity index (χ0v) is 8.71. The molecule has 0 saturated carbocycles. The Morgan fingerprint density at radius 3 is 2.00 bits per heavy atom. The molecule has 0 aliphatic rings. The van der Waals surface area contributed by atoms with E-state index >= 15 is 0 Å². The Hall–Kier alpha value is -0.0800. The number of aliphatic hydroxyl groups excluding tert-OH is 1. The fourth-order valence-corrected chi connectivity index (χ4v) is 1.43. The average Bonchev–Trinajstić information content (AvgIpc) is 2.05. The van der Waals surface area contributed by atoms with Gasteiger partial charge in [0.1, 0.15) is 0 Å². The van der Waals surface area contributed by atoms with Gasteiger partial charge in [-0.25, -0.2) is 0 Å². The Labute approximate surface area is 76.6 Å². The van der Waals surface area contributed by atoms with E-state index in [4.69, 9.17) is 5.11 Å². The predicted molar refractivity (Wildman–Crippen MR) is 53.3 cm³/mol. The highest BCUT2D eigenvalue weighted by molar-refractivity contribution is 4.60. The summed E-state index contributed by atoms with van der Waals surface area (Å²) in [6.07, 6.45) is 2.41. The first kappa shape index (κ1) is 11.9. The van der Waals surface area contributed by atoms with E-state index in [9.17, 15) is 0 Å². The second kappa shape index (κ2) is 7.56. The fourth-order valence-electron chi connectivity index (χ4n) is 1.43. The summed E-state index contributed by atoms with van der Waals surface area (Å²) in [4.78, 5) is 2.43. The van der Waals surface area contributed by atoms with E-state index in [1.165, 1.54) is 12.8 Å². The van der Waals surface area contributed by atoms with E-state index in [0.717, 1.165) is 19.6 Å². The molecule has 0 amide bonds. The second-order valence-electron chi connectivity index (χ2n) is 3.59. The standard InChI is InChI=1S/C10H23NO/c1-4-6-11(7-5-2)8-10(3)9-12/h10,12H,4-9H2,1-3H3/t10-/m1/s1. The lowest BCUT2D eigenvalue weighted by atomic mass is 10.2. The maximum absolute atomic E-state index is 8.89.